The fraction of sp³-hybridized carbons (Fsp3) is 0.438. The molecule has 0 radical (unpaired) electrons. The molecule has 4 nitrogen and oxygen atoms in total. The van der Waals surface area contributed by atoms with Gasteiger partial charge in [-0.05, 0) is 42.5 Å². The molecule has 0 amide bonds. The lowest BCUT2D eigenvalue weighted by Gasteiger charge is -2.20. The Kier molecular flexibility index (Phi) is 5.33. The zero-order chi connectivity index (χ0) is 15.2. The van der Waals surface area contributed by atoms with Crippen LogP contribution in [0.2, 0.25) is 0 Å². The Hall–Kier alpha value is -1.88. The summed E-state index contributed by atoms with van der Waals surface area (Å²) in [5.41, 5.74) is 1.01. The van der Waals surface area contributed by atoms with Gasteiger partial charge in [-0.25, -0.2) is 9.18 Å². The maximum Gasteiger partial charge on any atom is 0.328 e. The summed E-state index contributed by atoms with van der Waals surface area (Å²) < 4.78 is 19.5. The summed E-state index contributed by atoms with van der Waals surface area (Å²) in [5.74, 6) is -0.691. The summed E-state index contributed by atoms with van der Waals surface area (Å²) in [5, 5.41) is 8.55. The molecule has 1 aromatic carbocycles. The van der Waals surface area contributed by atoms with Crippen molar-refractivity contribution >= 4 is 17.7 Å². The molecule has 1 fully saturated rings. The van der Waals surface area contributed by atoms with Crippen LogP contribution in [0.4, 0.5) is 10.1 Å². The van der Waals surface area contributed by atoms with Gasteiger partial charge >= 0.3 is 5.97 Å². The van der Waals surface area contributed by atoms with Crippen LogP contribution in [0.3, 0.4) is 0 Å². The van der Waals surface area contributed by atoms with E-state index in [9.17, 15) is 9.18 Å². The number of halogens is 1. The average molecular weight is 293 g/mol. The Labute approximate surface area is 123 Å². The van der Waals surface area contributed by atoms with Crippen LogP contribution >= 0.6 is 0 Å². The molecule has 0 atom stereocenters. The van der Waals surface area contributed by atoms with Crippen molar-refractivity contribution in [3.63, 3.8) is 0 Å². The van der Waals surface area contributed by atoms with Crippen molar-refractivity contribution in [1.82, 2.24) is 0 Å². The monoisotopic (exact) mass is 293 g/mol. The molecular weight excluding hydrogens is 273 g/mol. The molecule has 0 spiro atoms. The van der Waals surface area contributed by atoms with Crippen LogP contribution in [-0.2, 0) is 9.53 Å². The predicted octanol–water partition coefficient (Wildman–Crippen LogP) is 2.79. The summed E-state index contributed by atoms with van der Waals surface area (Å²) in [6.07, 6.45) is 4.88. The molecule has 1 aliphatic carbocycles. The molecule has 1 aliphatic rings. The molecule has 0 unspecified atom stereocenters. The molecule has 0 aliphatic heterocycles. The maximum atomic E-state index is 14.0. The van der Waals surface area contributed by atoms with Crippen molar-refractivity contribution < 1.29 is 19.0 Å². The lowest BCUT2D eigenvalue weighted by molar-refractivity contribution is -0.131. The highest BCUT2D eigenvalue weighted by Gasteiger charge is 2.21. The molecule has 5 heteroatoms. The molecule has 1 N–H and O–H groups in total. The van der Waals surface area contributed by atoms with Crippen LogP contribution in [0.25, 0.3) is 6.08 Å². The van der Waals surface area contributed by atoms with Crippen molar-refractivity contribution in [3.05, 3.63) is 35.7 Å². The van der Waals surface area contributed by atoms with Crippen molar-refractivity contribution in [2.24, 2.45) is 5.92 Å². The second-order valence-electron chi connectivity index (χ2n) is 5.32. The number of benzene rings is 1. The number of anilines is 1. The van der Waals surface area contributed by atoms with Gasteiger partial charge in [0.2, 0.25) is 0 Å². The first-order chi connectivity index (χ1) is 10.1. The second kappa shape index (κ2) is 7.22. The Morgan fingerprint density at radius 2 is 2.29 bits per heavy atom. The Bertz CT molecular complexity index is 526. The number of aliphatic carboxylic acids is 1. The highest BCUT2D eigenvalue weighted by atomic mass is 19.1. The molecule has 21 heavy (non-hydrogen) atoms. The molecule has 1 saturated carbocycles. The Morgan fingerprint density at radius 3 is 2.90 bits per heavy atom. The highest BCUT2D eigenvalue weighted by Crippen LogP contribution is 2.28. The van der Waals surface area contributed by atoms with Gasteiger partial charge in [0, 0.05) is 26.3 Å². The SMILES string of the molecule is CN(CCOCC1CC1)c1ccc(/C=C/C(=O)O)cc1F. The van der Waals surface area contributed by atoms with Gasteiger partial charge in [-0.3, -0.25) is 0 Å². The van der Waals surface area contributed by atoms with Crippen LogP contribution in [0.15, 0.2) is 24.3 Å². The van der Waals surface area contributed by atoms with Crippen LogP contribution in [0, 0.1) is 11.7 Å². The third kappa shape index (κ3) is 5.19. The van der Waals surface area contributed by atoms with Gasteiger partial charge in [-0.15, -0.1) is 0 Å². The summed E-state index contributed by atoms with van der Waals surface area (Å²) in [4.78, 5) is 12.2. The van der Waals surface area contributed by atoms with Crippen molar-refractivity contribution in [1.29, 1.82) is 0 Å². The topological polar surface area (TPSA) is 49.8 Å². The van der Waals surface area contributed by atoms with E-state index in [2.05, 4.69) is 0 Å². The zero-order valence-electron chi connectivity index (χ0n) is 12.1. The van der Waals surface area contributed by atoms with E-state index in [-0.39, 0.29) is 5.82 Å². The number of hydrogen-bond donors (Lipinski definition) is 1. The summed E-state index contributed by atoms with van der Waals surface area (Å²) in [7, 11) is 1.81. The van der Waals surface area contributed by atoms with E-state index < -0.39 is 5.97 Å². The number of likely N-dealkylation sites (N-methyl/N-ethyl adjacent to an activating group) is 1. The standard InChI is InChI=1S/C16H20FNO3/c1-18(8-9-21-11-13-2-3-13)15-6-4-12(10-14(15)17)5-7-16(19)20/h4-7,10,13H,2-3,8-9,11H2,1H3,(H,19,20)/b7-5+. The molecule has 114 valence electrons. The first-order valence-electron chi connectivity index (χ1n) is 7.05. The summed E-state index contributed by atoms with van der Waals surface area (Å²) >= 11 is 0. The fourth-order valence-corrected chi connectivity index (χ4v) is 1.96. The first-order valence-corrected chi connectivity index (χ1v) is 7.05. The van der Waals surface area contributed by atoms with Gasteiger partial charge in [-0.2, -0.15) is 0 Å². The highest BCUT2D eigenvalue weighted by molar-refractivity contribution is 5.85. The third-order valence-electron chi connectivity index (χ3n) is 3.42. The van der Waals surface area contributed by atoms with Crippen molar-refractivity contribution in [2.75, 3.05) is 31.7 Å². The van der Waals surface area contributed by atoms with Gasteiger partial charge in [0.15, 0.2) is 0 Å². The molecule has 1 aromatic rings. The molecule has 0 aromatic heterocycles. The summed E-state index contributed by atoms with van der Waals surface area (Å²) in [6, 6.07) is 4.67. The van der Waals surface area contributed by atoms with E-state index in [1.165, 1.54) is 25.0 Å². The van der Waals surface area contributed by atoms with Gasteiger partial charge in [-0.1, -0.05) is 6.07 Å². The third-order valence-corrected chi connectivity index (χ3v) is 3.42. The van der Waals surface area contributed by atoms with E-state index in [0.717, 1.165) is 18.6 Å². The molecule has 2 rings (SSSR count). The Morgan fingerprint density at radius 1 is 1.52 bits per heavy atom. The van der Waals surface area contributed by atoms with E-state index in [1.807, 2.05) is 7.05 Å². The van der Waals surface area contributed by atoms with Crippen LogP contribution < -0.4 is 4.90 Å². The van der Waals surface area contributed by atoms with Crippen LogP contribution in [0.1, 0.15) is 18.4 Å². The number of carboxylic acids is 1. The quantitative estimate of drug-likeness (QED) is 0.591. The number of nitrogens with zero attached hydrogens (tertiary/aromatic N) is 1. The molecule has 0 saturated heterocycles. The maximum absolute atomic E-state index is 14.0. The Balaban J connectivity index is 1.87. The number of carbonyl (C=O) groups is 1. The van der Waals surface area contributed by atoms with Crippen LogP contribution in [-0.4, -0.2) is 37.9 Å². The lowest BCUT2D eigenvalue weighted by atomic mass is 10.1. The number of hydrogen-bond acceptors (Lipinski definition) is 3. The fourth-order valence-electron chi connectivity index (χ4n) is 1.96. The minimum absolute atomic E-state index is 0.368. The number of ether oxygens (including phenoxy) is 1. The molecule has 0 bridgehead atoms. The van der Waals surface area contributed by atoms with Gasteiger partial charge < -0.3 is 14.7 Å². The van der Waals surface area contributed by atoms with E-state index in [4.69, 9.17) is 9.84 Å². The average Bonchev–Trinajstić information content (AvgIpc) is 3.25. The minimum atomic E-state index is -1.05. The first kappa shape index (κ1) is 15.5. The molecular formula is C16H20FNO3. The van der Waals surface area contributed by atoms with Crippen molar-refractivity contribution in [3.8, 4) is 0 Å². The van der Waals surface area contributed by atoms with Crippen molar-refractivity contribution in [2.45, 2.75) is 12.8 Å². The summed E-state index contributed by atoms with van der Waals surface area (Å²) in [6.45, 7) is 2.00. The second-order valence-corrected chi connectivity index (χ2v) is 5.32. The van der Waals surface area contributed by atoms with Crippen LogP contribution in [0.5, 0.6) is 0 Å². The van der Waals surface area contributed by atoms with Gasteiger partial charge in [0.05, 0.1) is 12.3 Å². The van der Waals surface area contributed by atoms with E-state index >= 15 is 0 Å². The molecule has 0 heterocycles. The number of carboxylic acid groups (broad SMARTS) is 1. The van der Waals surface area contributed by atoms with E-state index in [1.54, 1.807) is 17.0 Å². The predicted molar refractivity (Wildman–Crippen MR) is 79.9 cm³/mol. The smallest absolute Gasteiger partial charge is 0.328 e. The van der Waals surface area contributed by atoms with E-state index in [0.29, 0.717) is 24.4 Å². The van der Waals surface area contributed by atoms with Gasteiger partial charge in [0.25, 0.3) is 0 Å². The lowest BCUT2D eigenvalue weighted by Crippen LogP contribution is -2.23. The largest absolute Gasteiger partial charge is 0.478 e. The minimum Gasteiger partial charge on any atom is -0.478 e. The zero-order valence-corrected chi connectivity index (χ0v) is 12.1. The van der Waals surface area contributed by atoms with Gasteiger partial charge in [0.1, 0.15) is 5.82 Å². The normalized spacial score (nSPS) is 14.6. The number of rotatable bonds is 8.